The van der Waals surface area contributed by atoms with E-state index in [0.717, 1.165) is 12.4 Å². The zero-order valence-electron chi connectivity index (χ0n) is 16.4. The Morgan fingerprint density at radius 2 is 2.07 bits per heavy atom. The van der Waals surface area contributed by atoms with Crippen molar-refractivity contribution < 1.29 is 18.3 Å². The van der Waals surface area contributed by atoms with Crippen LogP contribution in [0.5, 0.6) is 5.75 Å². The molecule has 0 spiro atoms. The molecule has 1 amide bonds. The first-order valence-electron chi connectivity index (χ1n) is 9.58. The molecule has 0 N–H and O–H groups in total. The van der Waals surface area contributed by atoms with E-state index < -0.39 is 17.4 Å². The summed E-state index contributed by atoms with van der Waals surface area (Å²) in [5.74, 6) is -0.215. The number of ether oxygens (including phenoxy) is 1. The predicted molar refractivity (Wildman–Crippen MR) is 102 cm³/mol. The van der Waals surface area contributed by atoms with Gasteiger partial charge in [0.25, 0.3) is 0 Å². The van der Waals surface area contributed by atoms with Crippen molar-refractivity contribution in [1.82, 2.24) is 19.9 Å². The maximum Gasteiger partial charge on any atom is 0.232 e. The van der Waals surface area contributed by atoms with Crippen molar-refractivity contribution in [2.45, 2.75) is 26.1 Å². The van der Waals surface area contributed by atoms with Gasteiger partial charge in [-0.1, -0.05) is 0 Å². The Morgan fingerprint density at radius 1 is 1.30 bits per heavy atom. The fourth-order valence-electron chi connectivity index (χ4n) is 3.83. The fourth-order valence-corrected chi connectivity index (χ4v) is 3.83. The third kappa shape index (κ3) is 3.51. The lowest BCUT2D eigenvalue weighted by atomic mass is 9.77. The van der Waals surface area contributed by atoms with Gasteiger partial charge in [0.15, 0.2) is 5.82 Å². The van der Waals surface area contributed by atoms with Gasteiger partial charge in [0, 0.05) is 24.5 Å². The summed E-state index contributed by atoms with van der Waals surface area (Å²) in [4.78, 5) is 28.3. The predicted octanol–water partition coefficient (Wildman–Crippen LogP) is 1.86. The van der Waals surface area contributed by atoms with E-state index in [9.17, 15) is 14.4 Å². The van der Waals surface area contributed by atoms with Gasteiger partial charge >= 0.3 is 0 Å². The molecule has 0 radical (unpaired) electrons. The van der Waals surface area contributed by atoms with Crippen LogP contribution in [-0.2, 0) is 11.3 Å². The molecule has 0 aromatic carbocycles. The second-order valence-electron chi connectivity index (χ2n) is 7.64. The number of carbonyl (C=O) groups excluding carboxylic acids is 1. The minimum atomic E-state index is -1.46. The van der Waals surface area contributed by atoms with Crippen LogP contribution < -0.4 is 9.64 Å². The minimum absolute atomic E-state index is 0.0606. The molecule has 4 rings (SSSR count). The average Bonchev–Trinajstić information content (AvgIpc) is 2.98. The molecule has 2 atom stereocenters. The quantitative estimate of drug-likeness (QED) is 0.740. The number of amides is 1. The summed E-state index contributed by atoms with van der Waals surface area (Å²) in [6.45, 7) is 2.62. The second kappa shape index (κ2) is 7.82. The Bertz CT molecular complexity index is 996. The van der Waals surface area contributed by atoms with Crippen molar-refractivity contribution in [3.8, 4) is 11.8 Å². The lowest BCUT2D eigenvalue weighted by Crippen LogP contribution is -2.56. The topological polar surface area (TPSA) is 95.2 Å². The van der Waals surface area contributed by atoms with Gasteiger partial charge in [0.2, 0.25) is 11.9 Å². The van der Waals surface area contributed by atoms with Crippen molar-refractivity contribution in [2.24, 2.45) is 5.41 Å². The number of hydrogen-bond donors (Lipinski definition) is 0. The zero-order valence-corrected chi connectivity index (χ0v) is 16.4. The average molecular weight is 414 g/mol. The van der Waals surface area contributed by atoms with E-state index >= 15 is 4.39 Å². The summed E-state index contributed by atoms with van der Waals surface area (Å²) in [6.07, 6.45) is 3.85. The number of rotatable bonds is 2. The van der Waals surface area contributed by atoms with Crippen LogP contribution in [0.25, 0.3) is 0 Å². The second-order valence-corrected chi connectivity index (χ2v) is 7.64. The lowest BCUT2D eigenvalue weighted by Gasteiger charge is -2.43. The summed E-state index contributed by atoms with van der Waals surface area (Å²) in [5, 5.41) is 9.24. The molecule has 156 valence electrons. The number of piperidine rings is 1. The molecule has 2 unspecified atom stereocenters. The third-order valence-electron chi connectivity index (χ3n) is 5.70. The van der Waals surface area contributed by atoms with Gasteiger partial charge in [-0.15, -0.1) is 0 Å². The molecule has 4 heterocycles. The molecule has 0 saturated carbocycles. The molecule has 2 aromatic heterocycles. The molecule has 0 aliphatic carbocycles. The molecule has 1 fully saturated rings. The molecule has 2 aliphatic heterocycles. The van der Waals surface area contributed by atoms with Gasteiger partial charge in [-0.2, -0.15) is 5.26 Å². The van der Waals surface area contributed by atoms with Crippen LogP contribution in [-0.4, -0.2) is 58.2 Å². The van der Waals surface area contributed by atoms with Crippen LogP contribution in [0.3, 0.4) is 0 Å². The Morgan fingerprint density at radius 3 is 2.77 bits per heavy atom. The highest BCUT2D eigenvalue weighted by Gasteiger charge is 2.48. The molecule has 2 aromatic rings. The zero-order chi connectivity index (χ0) is 21.3. The van der Waals surface area contributed by atoms with E-state index in [-0.39, 0.29) is 44.5 Å². The number of pyridine rings is 1. The van der Waals surface area contributed by atoms with Crippen molar-refractivity contribution in [1.29, 1.82) is 5.26 Å². The molecular formula is C20H20F2N6O2. The fraction of sp³-hybridized carbons (Fsp3) is 0.450. The minimum Gasteiger partial charge on any atom is -0.490 e. The van der Waals surface area contributed by atoms with Crippen molar-refractivity contribution >= 4 is 11.9 Å². The molecule has 10 heteroatoms. The Kier molecular flexibility index (Phi) is 5.20. The normalized spacial score (nSPS) is 23.7. The van der Waals surface area contributed by atoms with Gasteiger partial charge in [0.1, 0.15) is 30.2 Å². The third-order valence-corrected chi connectivity index (χ3v) is 5.70. The van der Waals surface area contributed by atoms with Crippen LogP contribution in [0.15, 0.2) is 24.8 Å². The van der Waals surface area contributed by atoms with E-state index in [1.807, 2.05) is 6.07 Å². The highest BCUT2D eigenvalue weighted by molar-refractivity contribution is 5.83. The monoisotopic (exact) mass is 414 g/mol. The first-order chi connectivity index (χ1) is 14.4. The van der Waals surface area contributed by atoms with Crippen molar-refractivity contribution in [3.63, 3.8) is 0 Å². The highest BCUT2D eigenvalue weighted by atomic mass is 19.1. The van der Waals surface area contributed by atoms with Crippen molar-refractivity contribution in [3.05, 3.63) is 41.7 Å². The van der Waals surface area contributed by atoms with Gasteiger partial charge in [-0.25, -0.2) is 18.7 Å². The lowest BCUT2D eigenvalue weighted by molar-refractivity contribution is -0.147. The van der Waals surface area contributed by atoms with Gasteiger partial charge < -0.3 is 14.5 Å². The molecule has 30 heavy (non-hydrogen) atoms. The first kappa shape index (κ1) is 19.9. The summed E-state index contributed by atoms with van der Waals surface area (Å²) in [6, 6.07) is 2.04. The molecular weight excluding hydrogens is 394 g/mol. The smallest absolute Gasteiger partial charge is 0.232 e. The van der Waals surface area contributed by atoms with Gasteiger partial charge in [-0.3, -0.25) is 9.78 Å². The number of carbonyl (C=O) groups is 1. The van der Waals surface area contributed by atoms with Crippen LogP contribution in [0.4, 0.5) is 14.7 Å². The highest BCUT2D eigenvalue weighted by Crippen LogP contribution is 2.38. The number of nitriles is 1. The van der Waals surface area contributed by atoms with Gasteiger partial charge in [0.05, 0.1) is 37.4 Å². The number of alkyl halides is 1. The summed E-state index contributed by atoms with van der Waals surface area (Å²) >= 11 is 0. The Labute approximate surface area is 172 Å². The Hall–Kier alpha value is -3.35. The SMILES string of the molecule is CC1(C(=O)N2CCOc3c(C#N)cncc3C2)CCN(c2ncc(F)cn2)CC1F. The van der Waals surface area contributed by atoms with Crippen LogP contribution in [0.2, 0.25) is 0 Å². The molecule has 2 aliphatic rings. The van der Waals surface area contributed by atoms with E-state index in [0.29, 0.717) is 23.4 Å². The van der Waals surface area contributed by atoms with Crippen LogP contribution >= 0.6 is 0 Å². The first-order valence-corrected chi connectivity index (χ1v) is 9.58. The van der Waals surface area contributed by atoms with Crippen molar-refractivity contribution in [2.75, 3.05) is 31.1 Å². The number of aromatic nitrogens is 3. The maximum atomic E-state index is 15.3. The Balaban J connectivity index is 1.51. The standard InChI is InChI=1S/C20H20F2N6O2/c1-20(2-3-28(12-16(20)22)19-25-9-15(21)10-26-19)18(29)27-4-5-30-17-13(6-23)7-24-8-14(17)11-27/h7-10,16H,2-5,11-12H2,1H3. The van der Waals surface area contributed by atoms with E-state index in [1.165, 1.54) is 6.20 Å². The maximum absolute atomic E-state index is 15.3. The van der Waals surface area contributed by atoms with E-state index in [1.54, 1.807) is 22.9 Å². The molecule has 0 bridgehead atoms. The van der Waals surface area contributed by atoms with E-state index in [2.05, 4.69) is 15.0 Å². The summed E-state index contributed by atoms with van der Waals surface area (Å²) < 4.78 is 34.0. The summed E-state index contributed by atoms with van der Waals surface area (Å²) in [5.41, 5.74) is -0.290. The number of halogens is 2. The van der Waals surface area contributed by atoms with Crippen LogP contribution in [0, 0.1) is 22.6 Å². The summed E-state index contributed by atoms with van der Waals surface area (Å²) in [7, 11) is 0. The number of anilines is 1. The van der Waals surface area contributed by atoms with E-state index in [4.69, 9.17) is 4.74 Å². The number of fused-ring (bicyclic) bond motifs is 1. The number of nitrogens with zero attached hydrogens (tertiary/aromatic N) is 6. The number of hydrogen-bond acceptors (Lipinski definition) is 7. The largest absolute Gasteiger partial charge is 0.490 e. The van der Waals surface area contributed by atoms with Gasteiger partial charge in [-0.05, 0) is 13.3 Å². The molecule has 1 saturated heterocycles. The van der Waals surface area contributed by atoms with Crippen LogP contribution in [0.1, 0.15) is 24.5 Å². The molecule has 8 nitrogen and oxygen atoms in total.